The molecule has 3 aromatic rings. The van der Waals surface area contributed by atoms with Gasteiger partial charge in [0.05, 0.1) is 0 Å². The maximum Gasteiger partial charge on any atom is 0.291 e. The summed E-state index contributed by atoms with van der Waals surface area (Å²) < 4.78 is 1.62. The second kappa shape index (κ2) is 5.37. The molecule has 0 saturated heterocycles. The van der Waals surface area contributed by atoms with Crippen molar-refractivity contribution in [1.29, 1.82) is 0 Å². The van der Waals surface area contributed by atoms with Crippen LogP contribution in [0.1, 0.15) is 46.0 Å². The lowest BCUT2D eigenvalue weighted by Gasteiger charge is -2.11. The Balaban J connectivity index is 1.30. The first-order chi connectivity index (χ1) is 12.6. The number of nitrogens with zero attached hydrogens (tertiary/aromatic N) is 4. The van der Waals surface area contributed by atoms with Gasteiger partial charge in [0.2, 0.25) is 5.82 Å². The average Bonchev–Trinajstić information content (AvgIpc) is 2.96. The first kappa shape index (κ1) is 15.5. The van der Waals surface area contributed by atoms with Crippen molar-refractivity contribution in [3.8, 4) is 0 Å². The molecule has 0 bridgehead atoms. The van der Waals surface area contributed by atoms with Gasteiger partial charge in [-0.2, -0.15) is 4.98 Å². The lowest BCUT2D eigenvalue weighted by atomic mass is 9.95. The Morgan fingerprint density at radius 3 is 3.04 bits per heavy atom. The number of hydrogen-bond acceptors (Lipinski definition) is 4. The molecular formula is C20H21N5O. The first-order valence-corrected chi connectivity index (χ1v) is 9.14. The van der Waals surface area contributed by atoms with Gasteiger partial charge in [0, 0.05) is 23.3 Å². The summed E-state index contributed by atoms with van der Waals surface area (Å²) in [6.07, 6.45) is 3.50. The van der Waals surface area contributed by atoms with E-state index >= 15 is 0 Å². The van der Waals surface area contributed by atoms with Gasteiger partial charge in [-0.05, 0) is 56.2 Å². The number of carbonyl (C=O) groups is 1. The number of nitrogens with one attached hydrogen (secondary N) is 1. The molecule has 0 unspecified atom stereocenters. The smallest absolute Gasteiger partial charge is 0.291 e. The number of benzene rings is 1. The lowest BCUT2D eigenvalue weighted by Crippen LogP contribution is -2.28. The summed E-state index contributed by atoms with van der Waals surface area (Å²) in [5.41, 5.74) is 5.03. The van der Waals surface area contributed by atoms with E-state index in [1.807, 2.05) is 19.9 Å². The normalized spacial score (nSPS) is 23.4. The zero-order chi connectivity index (χ0) is 17.9. The topological polar surface area (TPSA) is 72.2 Å². The minimum atomic E-state index is -0.221. The van der Waals surface area contributed by atoms with Crippen LogP contribution < -0.4 is 5.32 Å². The van der Waals surface area contributed by atoms with E-state index in [0.717, 1.165) is 24.2 Å². The van der Waals surface area contributed by atoms with Crippen molar-refractivity contribution < 1.29 is 4.79 Å². The molecule has 1 amide bonds. The quantitative estimate of drug-likeness (QED) is 0.789. The van der Waals surface area contributed by atoms with E-state index in [-0.39, 0.29) is 17.1 Å². The fourth-order valence-corrected chi connectivity index (χ4v) is 4.56. The molecule has 1 aromatic carbocycles. The second-order valence-electron chi connectivity index (χ2n) is 7.61. The molecule has 2 atom stereocenters. The SMILES string of the molecule is Cc1cc(C)n2nc(C(=O)NC[C@@H]3C[C@@]34CCc3ccccc34)nc2n1. The standard InChI is InChI=1S/C20H21N5O/c1-12-9-13(2)25-19(22-12)23-17(24-25)18(26)21-11-15-10-20(15)8-7-14-5-3-4-6-16(14)20/h3-6,9,15H,7-8,10-11H2,1-2H3,(H,21,26)/t15-,20-/m0/s1. The van der Waals surface area contributed by atoms with Gasteiger partial charge in [-0.1, -0.05) is 24.3 Å². The van der Waals surface area contributed by atoms with E-state index in [9.17, 15) is 4.79 Å². The number of aryl methyl sites for hydroxylation is 3. The maximum absolute atomic E-state index is 12.5. The summed E-state index contributed by atoms with van der Waals surface area (Å²) in [6, 6.07) is 10.6. The van der Waals surface area contributed by atoms with Crippen LogP contribution in [-0.2, 0) is 11.8 Å². The van der Waals surface area contributed by atoms with Gasteiger partial charge < -0.3 is 5.32 Å². The van der Waals surface area contributed by atoms with Crippen molar-refractivity contribution in [2.24, 2.45) is 5.92 Å². The van der Waals surface area contributed by atoms with Crippen molar-refractivity contribution in [3.05, 3.63) is 58.7 Å². The molecule has 1 saturated carbocycles. The van der Waals surface area contributed by atoms with Crippen LogP contribution >= 0.6 is 0 Å². The molecular weight excluding hydrogens is 326 g/mol. The van der Waals surface area contributed by atoms with Gasteiger partial charge in [-0.15, -0.1) is 5.10 Å². The van der Waals surface area contributed by atoms with Crippen LogP contribution in [0.5, 0.6) is 0 Å². The zero-order valence-electron chi connectivity index (χ0n) is 15.0. The van der Waals surface area contributed by atoms with Gasteiger partial charge >= 0.3 is 0 Å². The lowest BCUT2D eigenvalue weighted by molar-refractivity contribution is 0.0940. The minimum Gasteiger partial charge on any atom is -0.349 e. The molecule has 0 aliphatic heterocycles. The van der Waals surface area contributed by atoms with Crippen molar-refractivity contribution in [2.45, 2.75) is 38.5 Å². The van der Waals surface area contributed by atoms with Gasteiger partial charge in [-0.25, -0.2) is 9.50 Å². The third-order valence-electron chi connectivity index (χ3n) is 5.96. The number of hydrogen-bond donors (Lipinski definition) is 1. The molecule has 1 N–H and O–H groups in total. The van der Waals surface area contributed by atoms with Crippen molar-refractivity contribution in [2.75, 3.05) is 6.54 Å². The predicted octanol–water partition coefficient (Wildman–Crippen LogP) is 2.38. The third kappa shape index (κ3) is 2.25. The van der Waals surface area contributed by atoms with Crippen LogP contribution in [0, 0.1) is 19.8 Å². The predicted molar refractivity (Wildman–Crippen MR) is 97.1 cm³/mol. The molecule has 6 heteroatoms. The largest absolute Gasteiger partial charge is 0.349 e. The maximum atomic E-state index is 12.5. The molecule has 1 spiro atoms. The summed E-state index contributed by atoms with van der Waals surface area (Å²) in [6.45, 7) is 4.52. The van der Waals surface area contributed by atoms with Crippen LogP contribution in [0.15, 0.2) is 30.3 Å². The number of amides is 1. The molecule has 1 fully saturated rings. The summed E-state index contributed by atoms with van der Waals surface area (Å²) in [7, 11) is 0. The Bertz CT molecular complexity index is 1040. The Kier molecular flexibility index (Phi) is 3.20. The van der Waals surface area contributed by atoms with Crippen LogP contribution in [0.4, 0.5) is 0 Å². The fraction of sp³-hybridized carbons (Fsp3) is 0.400. The van der Waals surface area contributed by atoms with Crippen LogP contribution in [0.2, 0.25) is 0 Å². The Labute approximate surface area is 151 Å². The van der Waals surface area contributed by atoms with Crippen molar-refractivity contribution in [1.82, 2.24) is 24.9 Å². The van der Waals surface area contributed by atoms with Gasteiger partial charge in [0.1, 0.15) is 0 Å². The van der Waals surface area contributed by atoms with E-state index in [1.54, 1.807) is 4.52 Å². The van der Waals surface area contributed by atoms with Crippen molar-refractivity contribution >= 4 is 11.7 Å². The van der Waals surface area contributed by atoms with E-state index in [1.165, 1.54) is 17.5 Å². The van der Waals surface area contributed by atoms with Crippen LogP contribution in [-0.4, -0.2) is 32.0 Å². The molecule has 2 heterocycles. The fourth-order valence-electron chi connectivity index (χ4n) is 4.56. The summed E-state index contributed by atoms with van der Waals surface area (Å²) in [5, 5.41) is 7.34. The molecule has 2 aliphatic rings. The average molecular weight is 347 g/mol. The highest BCUT2D eigenvalue weighted by Gasteiger charge is 2.57. The second-order valence-corrected chi connectivity index (χ2v) is 7.61. The molecule has 132 valence electrons. The minimum absolute atomic E-state index is 0.188. The Morgan fingerprint density at radius 1 is 1.31 bits per heavy atom. The molecule has 2 aliphatic carbocycles. The number of aromatic nitrogens is 4. The molecule has 0 radical (unpaired) electrons. The summed E-state index contributed by atoms with van der Waals surface area (Å²) >= 11 is 0. The van der Waals surface area contributed by atoms with Gasteiger partial charge in [0.25, 0.3) is 11.7 Å². The third-order valence-corrected chi connectivity index (χ3v) is 5.96. The highest BCUT2D eigenvalue weighted by molar-refractivity contribution is 5.90. The number of fused-ring (bicyclic) bond motifs is 3. The Hall–Kier alpha value is -2.76. The zero-order valence-corrected chi connectivity index (χ0v) is 15.0. The molecule has 5 rings (SSSR count). The van der Waals surface area contributed by atoms with E-state index in [4.69, 9.17) is 0 Å². The summed E-state index contributed by atoms with van der Waals surface area (Å²) in [5.74, 6) is 0.947. The van der Waals surface area contributed by atoms with Crippen LogP contribution in [0.25, 0.3) is 5.78 Å². The highest BCUT2D eigenvalue weighted by atomic mass is 16.2. The van der Waals surface area contributed by atoms with E-state index < -0.39 is 0 Å². The number of carbonyl (C=O) groups excluding carboxylic acids is 1. The van der Waals surface area contributed by atoms with E-state index in [0.29, 0.717) is 18.2 Å². The Morgan fingerprint density at radius 2 is 2.15 bits per heavy atom. The molecule has 26 heavy (non-hydrogen) atoms. The first-order valence-electron chi connectivity index (χ1n) is 9.14. The van der Waals surface area contributed by atoms with Crippen LogP contribution in [0.3, 0.4) is 0 Å². The van der Waals surface area contributed by atoms with Crippen molar-refractivity contribution in [3.63, 3.8) is 0 Å². The molecule has 2 aromatic heterocycles. The number of rotatable bonds is 3. The van der Waals surface area contributed by atoms with Gasteiger partial charge in [0.15, 0.2) is 0 Å². The van der Waals surface area contributed by atoms with Gasteiger partial charge in [-0.3, -0.25) is 4.79 Å². The van der Waals surface area contributed by atoms with E-state index in [2.05, 4.69) is 44.6 Å². The highest BCUT2D eigenvalue weighted by Crippen LogP contribution is 2.61. The monoisotopic (exact) mass is 347 g/mol. The molecule has 6 nitrogen and oxygen atoms in total. The summed E-state index contributed by atoms with van der Waals surface area (Å²) in [4.78, 5) is 21.1.